The Hall–Kier alpha value is -4.06. The highest BCUT2D eigenvalue weighted by molar-refractivity contribution is 5.70. The molecule has 0 radical (unpaired) electrons. The van der Waals surface area contributed by atoms with Crippen LogP contribution in [0.1, 0.15) is 111 Å². The van der Waals surface area contributed by atoms with Crippen LogP contribution < -0.4 is 0 Å². The minimum atomic E-state index is 0.00582. The molecule has 45 heavy (non-hydrogen) atoms. The lowest BCUT2D eigenvalue weighted by molar-refractivity contribution is 0.561. The molecule has 0 aliphatic carbocycles. The van der Waals surface area contributed by atoms with Crippen molar-refractivity contribution in [2.75, 3.05) is 0 Å². The van der Waals surface area contributed by atoms with Gasteiger partial charge in [-0.2, -0.15) is 10.2 Å². The summed E-state index contributed by atoms with van der Waals surface area (Å²) in [5, 5.41) is 15.7. The highest BCUT2D eigenvalue weighted by Crippen LogP contribution is 2.38. The highest BCUT2D eigenvalue weighted by atomic mass is 15.2. The molecule has 0 unspecified atom stereocenters. The van der Waals surface area contributed by atoms with Gasteiger partial charge in [-0.3, -0.25) is 10.2 Å². The van der Waals surface area contributed by atoms with Crippen molar-refractivity contribution in [3.8, 4) is 45.6 Å². The predicted molar refractivity (Wildman–Crippen MR) is 188 cm³/mol. The van der Waals surface area contributed by atoms with Gasteiger partial charge in [0.1, 0.15) is 0 Å². The molecule has 0 saturated carbocycles. The van der Waals surface area contributed by atoms with Gasteiger partial charge in [-0.15, -0.1) is 0 Å². The molecule has 2 aromatic heterocycles. The third-order valence-electron chi connectivity index (χ3n) is 8.59. The molecule has 5 aromatic rings. The number of hydrogen-bond acceptors (Lipinski definition) is 4. The summed E-state index contributed by atoms with van der Waals surface area (Å²) in [4.78, 5) is 9.91. The van der Waals surface area contributed by atoms with Crippen molar-refractivity contribution in [2.45, 2.75) is 112 Å². The van der Waals surface area contributed by atoms with Crippen LogP contribution in [-0.4, -0.2) is 30.4 Å². The van der Waals surface area contributed by atoms with E-state index < -0.39 is 0 Å². The zero-order chi connectivity index (χ0) is 33.1. The Morgan fingerprint density at radius 1 is 0.467 bits per heavy atom. The van der Waals surface area contributed by atoms with Gasteiger partial charge < -0.3 is 0 Å². The molecule has 3 aromatic carbocycles. The average Bonchev–Trinajstić information content (AvgIpc) is 3.62. The van der Waals surface area contributed by atoms with E-state index in [0.29, 0.717) is 17.5 Å². The highest BCUT2D eigenvalue weighted by Gasteiger charge is 2.26. The van der Waals surface area contributed by atoms with Crippen molar-refractivity contribution in [1.82, 2.24) is 30.4 Å². The van der Waals surface area contributed by atoms with E-state index in [-0.39, 0.29) is 21.7 Å². The Balaban J connectivity index is 1.50. The number of benzene rings is 3. The number of nitrogens with zero attached hydrogens (tertiary/aromatic N) is 4. The monoisotopic (exact) mass is 602 g/mol. The van der Waals surface area contributed by atoms with Gasteiger partial charge >= 0.3 is 0 Å². The summed E-state index contributed by atoms with van der Waals surface area (Å²) < 4.78 is 0. The van der Waals surface area contributed by atoms with Crippen LogP contribution in [0.25, 0.3) is 45.6 Å². The van der Waals surface area contributed by atoms with Gasteiger partial charge in [0.15, 0.2) is 23.3 Å². The van der Waals surface area contributed by atoms with Crippen LogP contribution in [-0.2, 0) is 21.7 Å². The zero-order valence-corrected chi connectivity index (χ0v) is 29.5. The molecule has 0 aliphatic heterocycles. The van der Waals surface area contributed by atoms with E-state index >= 15 is 0 Å². The molecular formula is C39H50N6. The second-order valence-corrected chi connectivity index (χ2v) is 16.6. The SMILES string of the molecule is Cc1c(C(C)(C)C)cc(-c2n[nH]c(-c3cccc(-c4nc(-c5cc(C(C)(C)C)cc(C(C)(C)C)c5)n[nH]4)c3)n2)cc1C(C)(C)C. The Bertz CT molecular complexity index is 1770. The second kappa shape index (κ2) is 11.1. The number of H-pyrrole nitrogens is 2. The fourth-order valence-corrected chi connectivity index (χ4v) is 5.88. The summed E-state index contributed by atoms with van der Waals surface area (Å²) in [5.74, 6) is 2.82. The fourth-order valence-electron chi connectivity index (χ4n) is 5.88. The summed E-state index contributed by atoms with van der Waals surface area (Å²) in [6, 6.07) is 19.5. The van der Waals surface area contributed by atoms with E-state index in [1.807, 2.05) is 18.2 Å². The molecule has 0 atom stereocenters. The first-order valence-electron chi connectivity index (χ1n) is 16.0. The van der Waals surface area contributed by atoms with E-state index in [0.717, 1.165) is 28.1 Å². The van der Waals surface area contributed by atoms with Crippen molar-refractivity contribution in [2.24, 2.45) is 0 Å². The molecule has 0 fully saturated rings. The van der Waals surface area contributed by atoms with Crippen LogP contribution in [0.5, 0.6) is 0 Å². The maximum Gasteiger partial charge on any atom is 0.181 e. The van der Waals surface area contributed by atoms with Crippen LogP contribution in [0, 0.1) is 6.92 Å². The normalized spacial score (nSPS) is 13.0. The molecule has 0 bridgehead atoms. The first-order chi connectivity index (χ1) is 20.7. The molecule has 0 spiro atoms. The van der Waals surface area contributed by atoms with Gasteiger partial charge in [-0.25, -0.2) is 9.97 Å². The lowest BCUT2D eigenvalue weighted by atomic mass is 9.75. The van der Waals surface area contributed by atoms with E-state index in [9.17, 15) is 0 Å². The molecule has 0 saturated heterocycles. The molecule has 6 heteroatoms. The van der Waals surface area contributed by atoms with Gasteiger partial charge in [0.05, 0.1) is 0 Å². The first-order valence-corrected chi connectivity index (χ1v) is 16.0. The zero-order valence-electron chi connectivity index (χ0n) is 29.5. The van der Waals surface area contributed by atoms with Gasteiger partial charge in [-0.1, -0.05) is 107 Å². The number of hydrogen-bond donors (Lipinski definition) is 2. The summed E-state index contributed by atoms with van der Waals surface area (Å²) in [5.41, 5.74) is 10.5. The van der Waals surface area contributed by atoms with Gasteiger partial charge in [0, 0.05) is 22.3 Å². The number of nitrogens with one attached hydrogen (secondary N) is 2. The van der Waals surface area contributed by atoms with Crippen molar-refractivity contribution in [3.63, 3.8) is 0 Å². The Morgan fingerprint density at radius 2 is 0.867 bits per heavy atom. The first kappa shape index (κ1) is 32.3. The minimum Gasteiger partial charge on any atom is -0.259 e. The summed E-state index contributed by atoms with van der Waals surface area (Å²) >= 11 is 0. The summed E-state index contributed by atoms with van der Waals surface area (Å²) in [7, 11) is 0. The van der Waals surface area contributed by atoms with Gasteiger partial charge in [0.2, 0.25) is 0 Å². The molecule has 236 valence electrons. The number of rotatable bonds is 4. The van der Waals surface area contributed by atoms with Crippen molar-refractivity contribution in [1.29, 1.82) is 0 Å². The van der Waals surface area contributed by atoms with E-state index in [4.69, 9.17) is 9.97 Å². The van der Waals surface area contributed by atoms with E-state index in [1.54, 1.807) is 0 Å². The van der Waals surface area contributed by atoms with Gasteiger partial charge in [0.25, 0.3) is 0 Å². The number of aromatic nitrogens is 6. The molecule has 2 heterocycles. The Morgan fingerprint density at radius 3 is 1.24 bits per heavy atom. The van der Waals surface area contributed by atoms with Crippen LogP contribution >= 0.6 is 0 Å². The Kier molecular flexibility index (Phi) is 7.96. The van der Waals surface area contributed by atoms with Crippen molar-refractivity contribution < 1.29 is 0 Å². The lowest BCUT2D eigenvalue weighted by Crippen LogP contribution is -2.20. The third kappa shape index (κ3) is 6.80. The molecule has 0 aliphatic rings. The quantitative estimate of drug-likeness (QED) is 0.214. The van der Waals surface area contributed by atoms with Crippen molar-refractivity contribution in [3.05, 3.63) is 82.4 Å². The summed E-state index contributed by atoms with van der Waals surface area (Å²) in [6.45, 7) is 29.3. The lowest BCUT2D eigenvalue weighted by Gasteiger charge is -2.29. The maximum atomic E-state index is 4.97. The molecule has 5 rings (SSSR count). The number of aromatic amines is 2. The van der Waals surface area contributed by atoms with Crippen LogP contribution in [0.2, 0.25) is 0 Å². The predicted octanol–water partition coefficient (Wildman–Crippen LogP) is 10.1. The molecular weight excluding hydrogens is 552 g/mol. The van der Waals surface area contributed by atoms with Crippen LogP contribution in [0.4, 0.5) is 0 Å². The van der Waals surface area contributed by atoms with Crippen LogP contribution in [0.15, 0.2) is 54.6 Å². The molecule has 0 amide bonds. The average molecular weight is 603 g/mol. The van der Waals surface area contributed by atoms with Crippen LogP contribution in [0.3, 0.4) is 0 Å². The second-order valence-electron chi connectivity index (χ2n) is 16.6. The Labute approximate surface area is 269 Å². The third-order valence-corrected chi connectivity index (χ3v) is 8.59. The molecule has 2 N–H and O–H groups in total. The largest absolute Gasteiger partial charge is 0.259 e. The summed E-state index contributed by atoms with van der Waals surface area (Å²) in [6.07, 6.45) is 0. The molecule has 6 nitrogen and oxygen atoms in total. The fraction of sp³-hybridized carbons (Fsp3) is 0.436. The van der Waals surface area contributed by atoms with Crippen molar-refractivity contribution >= 4 is 0 Å². The minimum absolute atomic E-state index is 0.00582. The smallest absolute Gasteiger partial charge is 0.181 e. The van der Waals surface area contributed by atoms with E-state index in [1.165, 1.54) is 27.8 Å². The van der Waals surface area contributed by atoms with E-state index in [2.05, 4.69) is 147 Å². The standard InChI is InChI=1S/C39H50N6/c1-23-30(38(8,9)10)20-27(21-31(23)39(11,12)13)35-41-33(43-45-35)25-16-14-15-24(17-25)32-40-34(44-42-32)26-18-28(36(2,3)4)22-29(19-26)37(5,6)7/h14-22H,1-13H3,(H,40,42,44)(H,41,43,45). The van der Waals surface area contributed by atoms with Gasteiger partial charge in [-0.05, 0) is 86.7 Å². The topological polar surface area (TPSA) is 83.1 Å². The maximum absolute atomic E-state index is 4.97.